The van der Waals surface area contributed by atoms with Crippen molar-refractivity contribution in [2.24, 2.45) is 5.73 Å². The Balaban J connectivity index is 2.87. The van der Waals surface area contributed by atoms with E-state index in [1.807, 2.05) is 0 Å². The number of benzene rings is 1. The molecule has 15 heavy (non-hydrogen) atoms. The number of rotatable bonds is 3. The highest BCUT2D eigenvalue weighted by Crippen LogP contribution is 2.29. The summed E-state index contributed by atoms with van der Waals surface area (Å²) in [7, 11) is 0. The lowest BCUT2D eigenvalue weighted by Gasteiger charge is -2.02. The molecule has 1 aromatic rings. The summed E-state index contributed by atoms with van der Waals surface area (Å²) in [6.45, 7) is 0. The average Bonchev–Trinajstić information content (AvgIpc) is 2.13. The quantitative estimate of drug-likeness (QED) is 0.803. The van der Waals surface area contributed by atoms with Crippen molar-refractivity contribution >= 4 is 40.9 Å². The van der Waals surface area contributed by atoms with E-state index in [1.54, 1.807) is 24.3 Å². The number of halogens is 2. The van der Waals surface area contributed by atoms with Crippen LogP contribution in [0.3, 0.4) is 0 Å². The standard InChI is InChI=1S/C10H10Cl2N2O/c11-7-4-6(2-1-3-9(13)15)5-8(12)10(7)14/h1-2,4-5H,3,14H2,(H2,13,15). The Labute approximate surface area is 97.6 Å². The number of hydrogen-bond acceptors (Lipinski definition) is 2. The first kappa shape index (κ1) is 11.9. The molecule has 0 unspecified atom stereocenters. The number of amides is 1. The monoisotopic (exact) mass is 244 g/mol. The van der Waals surface area contributed by atoms with Crippen molar-refractivity contribution in [3.8, 4) is 0 Å². The van der Waals surface area contributed by atoms with Crippen molar-refractivity contribution < 1.29 is 4.79 Å². The van der Waals surface area contributed by atoms with Crippen molar-refractivity contribution in [1.82, 2.24) is 0 Å². The van der Waals surface area contributed by atoms with Crippen molar-refractivity contribution in [2.75, 3.05) is 5.73 Å². The summed E-state index contributed by atoms with van der Waals surface area (Å²) in [6, 6.07) is 3.33. The van der Waals surface area contributed by atoms with Crippen molar-refractivity contribution in [3.05, 3.63) is 33.8 Å². The maximum Gasteiger partial charge on any atom is 0.221 e. The second-order valence-corrected chi connectivity index (χ2v) is 3.79. The predicted octanol–water partition coefficient (Wildman–Crippen LogP) is 2.46. The van der Waals surface area contributed by atoms with Gasteiger partial charge in [-0.05, 0) is 17.7 Å². The number of carbonyl (C=O) groups is 1. The fourth-order valence-corrected chi connectivity index (χ4v) is 1.52. The molecule has 0 aromatic heterocycles. The number of hydrogen-bond donors (Lipinski definition) is 2. The largest absolute Gasteiger partial charge is 0.396 e. The fraction of sp³-hybridized carbons (Fsp3) is 0.100. The van der Waals surface area contributed by atoms with Gasteiger partial charge in [-0.25, -0.2) is 0 Å². The molecule has 0 aliphatic carbocycles. The molecule has 1 aromatic carbocycles. The van der Waals surface area contributed by atoms with Crippen LogP contribution in [0, 0.1) is 0 Å². The van der Waals surface area contributed by atoms with E-state index in [-0.39, 0.29) is 12.3 Å². The molecule has 5 heteroatoms. The Morgan fingerprint density at radius 3 is 2.33 bits per heavy atom. The Kier molecular flexibility index (Phi) is 4.00. The van der Waals surface area contributed by atoms with Crippen LogP contribution in [-0.4, -0.2) is 5.91 Å². The molecule has 0 heterocycles. The van der Waals surface area contributed by atoms with Crippen molar-refractivity contribution in [2.45, 2.75) is 6.42 Å². The molecule has 4 N–H and O–H groups in total. The third kappa shape index (κ3) is 3.46. The Morgan fingerprint density at radius 1 is 1.33 bits per heavy atom. The van der Waals surface area contributed by atoms with Gasteiger partial charge in [-0.2, -0.15) is 0 Å². The molecule has 1 rings (SSSR count). The second kappa shape index (κ2) is 5.05. The molecule has 0 saturated heterocycles. The van der Waals surface area contributed by atoms with Gasteiger partial charge in [0, 0.05) is 6.42 Å². The molecule has 0 aliphatic heterocycles. The minimum atomic E-state index is -0.390. The van der Waals surface area contributed by atoms with Gasteiger partial charge in [-0.3, -0.25) is 4.79 Å². The van der Waals surface area contributed by atoms with Crippen LogP contribution in [0.2, 0.25) is 10.0 Å². The Morgan fingerprint density at radius 2 is 1.87 bits per heavy atom. The van der Waals surface area contributed by atoms with E-state index in [4.69, 9.17) is 34.7 Å². The summed E-state index contributed by atoms with van der Waals surface area (Å²) in [5.41, 5.74) is 11.7. The van der Waals surface area contributed by atoms with Gasteiger partial charge in [0.1, 0.15) is 0 Å². The average molecular weight is 245 g/mol. The molecule has 0 aliphatic rings. The molecule has 0 radical (unpaired) electrons. The van der Waals surface area contributed by atoms with E-state index in [0.717, 1.165) is 5.56 Å². The van der Waals surface area contributed by atoms with E-state index < -0.39 is 0 Å². The molecular formula is C10H10Cl2N2O. The molecule has 0 saturated carbocycles. The minimum Gasteiger partial charge on any atom is -0.396 e. The summed E-state index contributed by atoms with van der Waals surface area (Å²) in [4.78, 5) is 10.5. The predicted molar refractivity (Wildman–Crippen MR) is 63.7 cm³/mol. The molecular weight excluding hydrogens is 235 g/mol. The molecule has 0 atom stereocenters. The summed E-state index contributed by atoms with van der Waals surface area (Å²) in [5.74, 6) is -0.390. The third-order valence-corrected chi connectivity index (χ3v) is 2.36. The van der Waals surface area contributed by atoms with Crippen LogP contribution in [0.5, 0.6) is 0 Å². The highest BCUT2D eigenvalue weighted by molar-refractivity contribution is 6.39. The molecule has 1 amide bonds. The van der Waals surface area contributed by atoms with Crippen molar-refractivity contribution in [1.29, 1.82) is 0 Å². The van der Waals surface area contributed by atoms with Crippen LogP contribution < -0.4 is 11.5 Å². The zero-order valence-electron chi connectivity index (χ0n) is 7.84. The van der Waals surface area contributed by atoms with Gasteiger partial charge >= 0.3 is 0 Å². The summed E-state index contributed by atoms with van der Waals surface area (Å²) in [5, 5.41) is 0.780. The summed E-state index contributed by atoms with van der Waals surface area (Å²) in [6.07, 6.45) is 3.53. The SMILES string of the molecule is NC(=O)CC=Cc1cc(Cl)c(N)c(Cl)c1. The van der Waals surface area contributed by atoms with Gasteiger partial charge in [0.15, 0.2) is 0 Å². The smallest absolute Gasteiger partial charge is 0.221 e. The number of anilines is 1. The highest BCUT2D eigenvalue weighted by atomic mass is 35.5. The number of primary amides is 1. The van der Waals surface area contributed by atoms with E-state index in [0.29, 0.717) is 15.7 Å². The van der Waals surface area contributed by atoms with E-state index in [2.05, 4.69) is 0 Å². The zero-order valence-corrected chi connectivity index (χ0v) is 9.35. The first-order chi connectivity index (χ1) is 7.00. The topological polar surface area (TPSA) is 69.1 Å². The maximum absolute atomic E-state index is 10.5. The van der Waals surface area contributed by atoms with Crippen LogP contribution in [0.25, 0.3) is 6.08 Å². The fourth-order valence-electron chi connectivity index (χ4n) is 1.01. The molecule has 3 nitrogen and oxygen atoms in total. The van der Waals surface area contributed by atoms with Gasteiger partial charge in [-0.1, -0.05) is 35.4 Å². The van der Waals surface area contributed by atoms with E-state index in [1.165, 1.54) is 0 Å². The highest BCUT2D eigenvalue weighted by Gasteiger charge is 2.02. The maximum atomic E-state index is 10.5. The normalized spacial score (nSPS) is 10.8. The number of nitrogen functional groups attached to an aromatic ring is 1. The first-order valence-electron chi connectivity index (χ1n) is 4.20. The van der Waals surface area contributed by atoms with Crippen molar-refractivity contribution in [3.63, 3.8) is 0 Å². The van der Waals surface area contributed by atoms with Crippen LogP contribution in [-0.2, 0) is 4.79 Å². The summed E-state index contributed by atoms with van der Waals surface area (Å²) < 4.78 is 0. The van der Waals surface area contributed by atoms with Crippen LogP contribution >= 0.6 is 23.2 Å². The Hall–Kier alpha value is -1.19. The lowest BCUT2D eigenvalue weighted by Crippen LogP contribution is -2.07. The number of carbonyl (C=O) groups excluding carboxylic acids is 1. The van der Waals surface area contributed by atoms with Crippen LogP contribution in [0.1, 0.15) is 12.0 Å². The van der Waals surface area contributed by atoms with Gasteiger partial charge in [-0.15, -0.1) is 0 Å². The second-order valence-electron chi connectivity index (χ2n) is 2.97. The Bertz CT molecular complexity index is 393. The molecule has 80 valence electrons. The zero-order chi connectivity index (χ0) is 11.4. The first-order valence-corrected chi connectivity index (χ1v) is 4.95. The molecule has 0 fully saturated rings. The number of nitrogens with two attached hydrogens (primary N) is 2. The molecule has 0 spiro atoms. The van der Waals surface area contributed by atoms with E-state index in [9.17, 15) is 4.79 Å². The minimum absolute atomic E-state index is 0.180. The van der Waals surface area contributed by atoms with E-state index >= 15 is 0 Å². The van der Waals surface area contributed by atoms with Gasteiger partial charge < -0.3 is 11.5 Å². The van der Waals surface area contributed by atoms with Gasteiger partial charge in [0.05, 0.1) is 15.7 Å². The van der Waals surface area contributed by atoms with Crippen LogP contribution in [0.15, 0.2) is 18.2 Å². The van der Waals surface area contributed by atoms with Crippen LogP contribution in [0.4, 0.5) is 5.69 Å². The van der Waals surface area contributed by atoms with Gasteiger partial charge in [0.2, 0.25) is 5.91 Å². The lowest BCUT2D eigenvalue weighted by atomic mass is 10.2. The molecule has 0 bridgehead atoms. The lowest BCUT2D eigenvalue weighted by molar-refractivity contribution is -0.117. The van der Waals surface area contributed by atoms with Gasteiger partial charge in [0.25, 0.3) is 0 Å². The third-order valence-electron chi connectivity index (χ3n) is 1.73. The summed E-state index contributed by atoms with van der Waals surface area (Å²) >= 11 is 11.7.